The fourth-order valence-electron chi connectivity index (χ4n) is 1.99. The van der Waals surface area contributed by atoms with Crippen LogP contribution in [0.25, 0.3) is 0 Å². The summed E-state index contributed by atoms with van der Waals surface area (Å²) < 4.78 is 49.6. The standard InChI is InChI=1S/C11H12BrF2NO2S/c12-8-4-11(10(14)5-9(8)13)15-7-2-1-3-18(16,17)6-7/h4-5,7,15H,1-3,6H2. The number of hydrogen-bond donors (Lipinski definition) is 1. The zero-order valence-electron chi connectivity index (χ0n) is 9.42. The molecule has 1 aromatic carbocycles. The third-order valence-corrected chi connectivity index (χ3v) is 5.26. The molecule has 1 atom stereocenters. The number of rotatable bonds is 2. The molecule has 100 valence electrons. The van der Waals surface area contributed by atoms with Gasteiger partial charge in [0.1, 0.15) is 11.6 Å². The summed E-state index contributed by atoms with van der Waals surface area (Å²) in [6.45, 7) is 0. The van der Waals surface area contributed by atoms with Gasteiger partial charge in [-0.2, -0.15) is 0 Å². The Morgan fingerprint density at radius 2 is 2.00 bits per heavy atom. The van der Waals surface area contributed by atoms with Gasteiger partial charge in [0.15, 0.2) is 9.84 Å². The van der Waals surface area contributed by atoms with Gasteiger partial charge >= 0.3 is 0 Å². The quantitative estimate of drug-likeness (QED) is 0.842. The number of benzene rings is 1. The number of hydrogen-bond acceptors (Lipinski definition) is 3. The molecule has 1 saturated heterocycles. The van der Waals surface area contributed by atoms with Crippen LogP contribution in [0.5, 0.6) is 0 Å². The van der Waals surface area contributed by atoms with E-state index >= 15 is 0 Å². The van der Waals surface area contributed by atoms with Gasteiger partial charge in [0.05, 0.1) is 21.7 Å². The Kier molecular flexibility index (Phi) is 3.91. The average Bonchev–Trinajstić information content (AvgIpc) is 2.24. The molecule has 0 radical (unpaired) electrons. The van der Waals surface area contributed by atoms with Crippen molar-refractivity contribution in [2.75, 3.05) is 16.8 Å². The van der Waals surface area contributed by atoms with Crippen LogP contribution < -0.4 is 5.32 Å². The first kappa shape index (κ1) is 13.7. The third kappa shape index (κ3) is 3.20. The molecule has 1 N–H and O–H groups in total. The summed E-state index contributed by atoms with van der Waals surface area (Å²) in [6, 6.07) is 1.73. The van der Waals surface area contributed by atoms with E-state index in [1.54, 1.807) is 0 Å². The van der Waals surface area contributed by atoms with Crippen molar-refractivity contribution in [1.29, 1.82) is 0 Å². The van der Waals surface area contributed by atoms with Gasteiger partial charge in [-0.1, -0.05) is 0 Å². The molecule has 1 heterocycles. The fourth-order valence-corrected chi connectivity index (χ4v) is 3.97. The highest BCUT2D eigenvalue weighted by Crippen LogP contribution is 2.25. The van der Waals surface area contributed by atoms with Gasteiger partial charge in [0, 0.05) is 12.1 Å². The Balaban J connectivity index is 2.17. The molecule has 0 spiro atoms. The molecule has 0 bridgehead atoms. The van der Waals surface area contributed by atoms with Crippen LogP contribution in [0.3, 0.4) is 0 Å². The molecule has 1 aromatic rings. The van der Waals surface area contributed by atoms with Crippen molar-refractivity contribution in [3.8, 4) is 0 Å². The lowest BCUT2D eigenvalue weighted by atomic mass is 10.1. The van der Waals surface area contributed by atoms with E-state index in [4.69, 9.17) is 0 Å². The molecule has 18 heavy (non-hydrogen) atoms. The monoisotopic (exact) mass is 339 g/mol. The maximum absolute atomic E-state index is 13.5. The second-order valence-electron chi connectivity index (χ2n) is 4.34. The molecule has 1 aliphatic heterocycles. The summed E-state index contributed by atoms with van der Waals surface area (Å²) in [7, 11) is -3.05. The van der Waals surface area contributed by atoms with Crippen molar-refractivity contribution in [1.82, 2.24) is 0 Å². The van der Waals surface area contributed by atoms with E-state index in [0.29, 0.717) is 12.8 Å². The molecule has 0 aliphatic carbocycles. The van der Waals surface area contributed by atoms with Gasteiger partial charge in [-0.05, 0) is 34.8 Å². The van der Waals surface area contributed by atoms with Crippen LogP contribution in [0, 0.1) is 11.6 Å². The van der Waals surface area contributed by atoms with Crippen molar-refractivity contribution in [3.05, 3.63) is 28.2 Å². The molecule has 0 amide bonds. The lowest BCUT2D eigenvalue weighted by Crippen LogP contribution is -2.35. The number of nitrogens with one attached hydrogen (secondary N) is 1. The number of sulfone groups is 1. The van der Waals surface area contributed by atoms with Gasteiger partial charge < -0.3 is 5.32 Å². The first-order valence-electron chi connectivity index (χ1n) is 5.49. The summed E-state index contributed by atoms with van der Waals surface area (Å²) in [5.74, 6) is -1.24. The Morgan fingerprint density at radius 3 is 2.67 bits per heavy atom. The van der Waals surface area contributed by atoms with Crippen molar-refractivity contribution in [2.24, 2.45) is 0 Å². The van der Waals surface area contributed by atoms with E-state index in [-0.39, 0.29) is 27.7 Å². The largest absolute Gasteiger partial charge is 0.379 e. The van der Waals surface area contributed by atoms with E-state index in [1.807, 2.05) is 0 Å². The topological polar surface area (TPSA) is 46.2 Å². The second-order valence-corrected chi connectivity index (χ2v) is 7.43. The predicted octanol–water partition coefficient (Wildman–Crippen LogP) is 2.72. The minimum Gasteiger partial charge on any atom is -0.379 e. The molecule has 0 saturated carbocycles. The highest BCUT2D eigenvalue weighted by atomic mass is 79.9. The number of anilines is 1. The molecule has 2 rings (SSSR count). The van der Waals surface area contributed by atoms with Crippen LogP contribution in [0.1, 0.15) is 12.8 Å². The summed E-state index contributed by atoms with van der Waals surface area (Å²) >= 11 is 2.97. The lowest BCUT2D eigenvalue weighted by molar-refractivity contribution is 0.555. The maximum Gasteiger partial charge on any atom is 0.152 e. The van der Waals surface area contributed by atoms with Crippen molar-refractivity contribution < 1.29 is 17.2 Å². The Labute approximate surface area is 113 Å². The smallest absolute Gasteiger partial charge is 0.152 e. The Morgan fingerprint density at radius 1 is 1.28 bits per heavy atom. The van der Waals surface area contributed by atoms with Crippen molar-refractivity contribution in [2.45, 2.75) is 18.9 Å². The zero-order valence-corrected chi connectivity index (χ0v) is 11.8. The van der Waals surface area contributed by atoms with E-state index in [0.717, 1.165) is 6.07 Å². The van der Waals surface area contributed by atoms with Crippen molar-refractivity contribution in [3.63, 3.8) is 0 Å². The van der Waals surface area contributed by atoms with E-state index in [9.17, 15) is 17.2 Å². The van der Waals surface area contributed by atoms with Gasteiger partial charge in [0.25, 0.3) is 0 Å². The molecule has 1 unspecified atom stereocenters. The Bertz CT molecular complexity index is 562. The predicted molar refractivity (Wildman–Crippen MR) is 69.4 cm³/mol. The molecule has 1 fully saturated rings. The van der Waals surface area contributed by atoms with Crippen LogP contribution in [0.15, 0.2) is 16.6 Å². The highest BCUT2D eigenvalue weighted by Gasteiger charge is 2.25. The van der Waals surface area contributed by atoms with E-state index in [1.165, 1.54) is 6.07 Å². The molecule has 3 nitrogen and oxygen atoms in total. The van der Waals surface area contributed by atoms with Crippen molar-refractivity contribution >= 4 is 31.5 Å². The summed E-state index contributed by atoms with van der Waals surface area (Å²) in [5.41, 5.74) is 0.116. The van der Waals surface area contributed by atoms with Crippen LogP contribution in [0.4, 0.5) is 14.5 Å². The maximum atomic E-state index is 13.5. The first-order valence-corrected chi connectivity index (χ1v) is 8.10. The number of halogens is 3. The first-order chi connectivity index (χ1) is 8.37. The van der Waals surface area contributed by atoms with Crippen LogP contribution in [-0.4, -0.2) is 26.0 Å². The lowest BCUT2D eigenvalue weighted by Gasteiger charge is -2.24. The van der Waals surface area contributed by atoms with Crippen LogP contribution in [-0.2, 0) is 9.84 Å². The third-order valence-electron chi connectivity index (χ3n) is 2.83. The summed E-state index contributed by atoms with van der Waals surface area (Å²) in [6.07, 6.45) is 1.22. The normalized spacial score (nSPS) is 22.7. The molecular weight excluding hydrogens is 328 g/mol. The molecule has 1 aliphatic rings. The van der Waals surface area contributed by atoms with E-state index < -0.39 is 21.5 Å². The molecule has 0 aromatic heterocycles. The summed E-state index contributed by atoms with van der Waals surface area (Å²) in [4.78, 5) is 0. The summed E-state index contributed by atoms with van der Waals surface area (Å²) in [5, 5.41) is 2.82. The van der Waals surface area contributed by atoms with Gasteiger partial charge in [0.2, 0.25) is 0 Å². The minimum atomic E-state index is -3.05. The fraction of sp³-hybridized carbons (Fsp3) is 0.455. The van der Waals surface area contributed by atoms with Gasteiger partial charge in [-0.3, -0.25) is 0 Å². The van der Waals surface area contributed by atoms with Gasteiger partial charge in [-0.25, -0.2) is 17.2 Å². The van der Waals surface area contributed by atoms with E-state index in [2.05, 4.69) is 21.2 Å². The average molecular weight is 340 g/mol. The second kappa shape index (κ2) is 5.13. The zero-order chi connectivity index (χ0) is 13.3. The SMILES string of the molecule is O=S1(=O)CCCC(Nc2cc(Br)c(F)cc2F)C1. The highest BCUT2D eigenvalue weighted by molar-refractivity contribution is 9.10. The molecule has 7 heteroatoms. The minimum absolute atomic E-state index is 0.0125. The van der Waals surface area contributed by atoms with Gasteiger partial charge in [-0.15, -0.1) is 0 Å². The van der Waals surface area contributed by atoms with Crippen LogP contribution >= 0.6 is 15.9 Å². The molecular formula is C11H12BrF2NO2S. The van der Waals surface area contributed by atoms with Crippen LogP contribution in [0.2, 0.25) is 0 Å². The Hall–Kier alpha value is -0.690.